The molecule has 1 aromatic rings. The number of benzene rings is 1. The molecule has 0 atom stereocenters. The lowest BCUT2D eigenvalue weighted by molar-refractivity contribution is -0.180. The lowest BCUT2D eigenvalue weighted by atomic mass is 9.91. The Morgan fingerprint density at radius 1 is 1.03 bits per heavy atom. The van der Waals surface area contributed by atoms with Gasteiger partial charge in [0, 0.05) is 5.56 Å². The van der Waals surface area contributed by atoms with Crippen molar-refractivity contribution in [3.8, 4) is 5.75 Å². The maximum absolute atomic E-state index is 12.7. The van der Waals surface area contributed by atoms with Crippen molar-refractivity contribution in [2.24, 2.45) is 0 Å². The summed E-state index contributed by atoms with van der Waals surface area (Å²) in [6.07, 6.45) is 6.70. The molecule has 6 heteroatoms. The highest BCUT2D eigenvalue weighted by molar-refractivity contribution is 6.09. The molecule has 1 saturated heterocycles. The van der Waals surface area contributed by atoms with Crippen molar-refractivity contribution in [2.75, 3.05) is 26.4 Å². The second-order valence-electron chi connectivity index (χ2n) is 6.84. The van der Waals surface area contributed by atoms with E-state index in [0.29, 0.717) is 24.4 Å². The van der Waals surface area contributed by atoms with Crippen molar-refractivity contribution in [3.63, 3.8) is 0 Å². The molecule has 0 aromatic heterocycles. The summed E-state index contributed by atoms with van der Waals surface area (Å²) < 4.78 is 21.9. The summed E-state index contributed by atoms with van der Waals surface area (Å²) in [4.78, 5) is 25.4. The Labute approximate surface area is 173 Å². The van der Waals surface area contributed by atoms with Crippen molar-refractivity contribution in [2.45, 2.75) is 58.5 Å². The Kier molecular flexibility index (Phi) is 9.19. The fourth-order valence-electron chi connectivity index (χ4n) is 3.32. The maximum Gasteiger partial charge on any atom is 0.354 e. The molecule has 160 valence electrons. The molecule has 1 aromatic carbocycles. The Hall–Kier alpha value is -2.34. The molecular weight excluding hydrogens is 372 g/mol. The molecule has 0 bridgehead atoms. The van der Waals surface area contributed by atoms with Gasteiger partial charge in [-0.25, -0.2) is 9.59 Å². The summed E-state index contributed by atoms with van der Waals surface area (Å²) in [5.74, 6) is -0.759. The van der Waals surface area contributed by atoms with Crippen molar-refractivity contribution < 1.29 is 28.5 Å². The fraction of sp³-hybridized carbons (Fsp3) is 0.565. The zero-order valence-corrected chi connectivity index (χ0v) is 17.7. The number of ether oxygens (including phenoxy) is 4. The molecule has 1 heterocycles. The Morgan fingerprint density at radius 3 is 2.38 bits per heavy atom. The lowest BCUT2D eigenvalue weighted by Gasteiger charge is -2.25. The number of esters is 2. The number of carbonyl (C=O) groups excluding carboxylic acids is 2. The first-order valence-corrected chi connectivity index (χ1v) is 10.5. The number of hydrogen-bond acceptors (Lipinski definition) is 6. The standard InChI is InChI=1S/C23H32O6/c1-4-7-8-11-15-28-20-13-10-9-12-18(20)17-19-14-16-29-23(19,21(24)26-5-2)22(25)27-6-3/h9-10,12-13,17H,4-8,11,14-16H2,1-3H3/b19-17+. The molecule has 0 amide bonds. The highest BCUT2D eigenvalue weighted by atomic mass is 16.6. The van der Waals surface area contributed by atoms with Crippen LogP contribution in [0.15, 0.2) is 29.8 Å². The van der Waals surface area contributed by atoms with E-state index in [1.807, 2.05) is 24.3 Å². The third-order valence-corrected chi connectivity index (χ3v) is 4.77. The van der Waals surface area contributed by atoms with Gasteiger partial charge in [-0.1, -0.05) is 44.4 Å². The number of rotatable bonds is 11. The van der Waals surface area contributed by atoms with Crippen LogP contribution in [0.4, 0.5) is 0 Å². The van der Waals surface area contributed by atoms with E-state index in [1.54, 1.807) is 19.9 Å². The Bertz CT molecular complexity index is 691. The van der Waals surface area contributed by atoms with E-state index in [0.717, 1.165) is 18.4 Å². The average molecular weight is 405 g/mol. The maximum atomic E-state index is 12.7. The molecule has 0 saturated carbocycles. The highest BCUT2D eigenvalue weighted by Gasteiger charge is 2.56. The van der Waals surface area contributed by atoms with Gasteiger partial charge in [-0.05, 0) is 44.4 Å². The summed E-state index contributed by atoms with van der Waals surface area (Å²) >= 11 is 0. The van der Waals surface area contributed by atoms with Crippen LogP contribution in [0, 0.1) is 0 Å². The molecule has 0 aliphatic carbocycles. The minimum atomic E-state index is -1.85. The Balaban J connectivity index is 2.30. The first kappa shape index (κ1) is 22.9. The minimum Gasteiger partial charge on any atom is -0.493 e. The number of carbonyl (C=O) groups is 2. The van der Waals surface area contributed by atoms with Gasteiger partial charge in [-0.3, -0.25) is 0 Å². The predicted octanol–water partition coefficient (Wildman–Crippen LogP) is 4.31. The topological polar surface area (TPSA) is 71.1 Å². The van der Waals surface area contributed by atoms with Crippen LogP contribution < -0.4 is 4.74 Å². The third-order valence-electron chi connectivity index (χ3n) is 4.77. The first-order chi connectivity index (χ1) is 14.1. The van der Waals surface area contributed by atoms with E-state index >= 15 is 0 Å². The van der Waals surface area contributed by atoms with Gasteiger partial charge < -0.3 is 18.9 Å². The van der Waals surface area contributed by atoms with Crippen LogP contribution in [0.3, 0.4) is 0 Å². The zero-order chi connectivity index (χ0) is 21.1. The monoisotopic (exact) mass is 404 g/mol. The van der Waals surface area contributed by atoms with E-state index < -0.39 is 17.5 Å². The van der Waals surface area contributed by atoms with Crippen molar-refractivity contribution in [1.29, 1.82) is 0 Å². The van der Waals surface area contributed by atoms with Gasteiger partial charge in [0.05, 0.1) is 26.4 Å². The largest absolute Gasteiger partial charge is 0.493 e. The fourth-order valence-corrected chi connectivity index (χ4v) is 3.32. The SMILES string of the molecule is CCCCCCOc1ccccc1/C=C1\CCOC1(C(=O)OCC)C(=O)OCC. The van der Waals surface area contributed by atoms with Gasteiger partial charge in [0.15, 0.2) is 0 Å². The second kappa shape index (κ2) is 11.6. The van der Waals surface area contributed by atoms with Crippen LogP contribution >= 0.6 is 0 Å². The highest BCUT2D eigenvalue weighted by Crippen LogP contribution is 2.37. The molecule has 0 spiro atoms. The first-order valence-electron chi connectivity index (χ1n) is 10.5. The number of para-hydroxylation sites is 1. The molecule has 0 radical (unpaired) electrons. The summed E-state index contributed by atoms with van der Waals surface area (Å²) in [6, 6.07) is 7.58. The van der Waals surface area contributed by atoms with E-state index in [-0.39, 0.29) is 19.8 Å². The molecule has 1 fully saturated rings. The molecule has 2 rings (SSSR count). The van der Waals surface area contributed by atoms with Gasteiger partial charge in [0.2, 0.25) is 0 Å². The van der Waals surface area contributed by atoms with Gasteiger partial charge in [-0.15, -0.1) is 0 Å². The van der Waals surface area contributed by atoms with E-state index in [4.69, 9.17) is 18.9 Å². The molecule has 1 aliphatic heterocycles. The predicted molar refractivity (Wildman–Crippen MR) is 111 cm³/mol. The minimum absolute atomic E-state index is 0.147. The molecule has 0 N–H and O–H groups in total. The van der Waals surface area contributed by atoms with E-state index in [1.165, 1.54) is 12.8 Å². The smallest absolute Gasteiger partial charge is 0.354 e. The van der Waals surface area contributed by atoms with Crippen LogP contribution in [-0.2, 0) is 23.8 Å². The van der Waals surface area contributed by atoms with Crippen molar-refractivity contribution >= 4 is 18.0 Å². The van der Waals surface area contributed by atoms with Crippen molar-refractivity contribution in [3.05, 3.63) is 35.4 Å². The van der Waals surface area contributed by atoms with Crippen LogP contribution in [0.25, 0.3) is 6.08 Å². The normalized spacial score (nSPS) is 16.6. The second-order valence-corrected chi connectivity index (χ2v) is 6.84. The molecular formula is C23H32O6. The van der Waals surface area contributed by atoms with Crippen molar-refractivity contribution in [1.82, 2.24) is 0 Å². The van der Waals surface area contributed by atoms with Gasteiger partial charge in [-0.2, -0.15) is 0 Å². The van der Waals surface area contributed by atoms with Gasteiger partial charge >= 0.3 is 11.9 Å². The quantitative estimate of drug-likeness (QED) is 0.311. The molecule has 0 unspecified atom stereocenters. The summed E-state index contributed by atoms with van der Waals surface area (Å²) in [6.45, 7) is 6.71. The summed E-state index contributed by atoms with van der Waals surface area (Å²) in [7, 11) is 0. The number of unbranched alkanes of at least 4 members (excludes halogenated alkanes) is 3. The van der Waals surface area contributed by atoms with Crippen LogP contribution in [0.1, 0.15) is 58.4 Å². The molecule has 6 nitrogen and oxygen atoms in total. The van der Waals surface area contributed by atoms with Crippen LogP contribution in [-0.4, -0.2) is 44.0 Å². The summed E-state index contributed by atoms with van der Waals surface area (Å²) in [5, 5.41) is 0. The van der Waals surface area contributed by atoms with E-state index in [2.05, 4.69) is 6.92 Å². The van der Waals surface area contributed by atoms with Gasteiger partial charge in [0.1, 0.15) is 5.75 Å². The van der Waals surface area contributed by atoms with E-state index in [9.17, 15) is 9.59 Å². The Morgan fingerprint density at radius 2 is 1.72 bits per heavy atom. The third kappa shape index (κ3) is 5.60. The van der Waals surface area contributed by atoms with Crippen LogP contribution in [0.2, 0.25) is 0 Å². The molecule has 1 aliphatic rings. The average Bonchev–Trinajstić information content (AvgIpc) is 3.14. The van der Waals surface area contributed by atoms with Crippen LogP contribution in [0.5, 0.6) is 5.75 Å². The molecule has 29 heavy (non-hydrogen) atoms. The zero-order valence-electron chi connectivity index (χ0n) is 17.7. The summed E-state index contributed by atoms with van der Waals surface area (Å²) in [5.41, 5.74) is -0.529. The van der Waals surface area contributed by atoms with Gasteiger partial charge in [0.25, 0.3) is 5.60 Å². The lowest BCUT2D eigenvalue weighted by Crippen LogP contribution is -2.49. The number of hydrogen-bond donors (Lipinski definition) is 0.